The van der Waals surface area contributed by atoms with Crippen LogP contribution in [0.1, 0.15) is 55.2 Å². The first-order valence-electron chi connectivity index (χ1n) is 7.32. The van der Waals surface area contributed by atoms with Gasteiger partial charge in [0.15, 0.2) is 0 Å². The zero-order valence-corrected chi connectivity index (χ0v) is 12.3. The maximum Gasteiger partial charge on any atom is -0.0156 e. The van der Waals surface area contributed by atoms with Crippen LogP contribution in [0.5, 0.6) is 0 Å². The minimum atomic E-state index is 0.616. The molecule has 0 radical (unpaired) electrons. The Morgan fingerprint density at radius 2 is 1.53 bits per heavy atom. The predicted molar refractivity (Wildman–Crippen MR) is 83.7 cm³/mol. The number of hydrogen-bond donors (Lipinski definition) is 0. The van der Waals surface area contributed by atoms with E-state index in [0.717, 1.165) is 0 Å². The molecule has 2 unspecified atom stereocenters. The van der Waals surface area contributed by atoms with E-state index in [-0.39, 0.29) is 0 Å². The summed E-state index contributed by atoms with van der Waals surface area (Å²) >= 11 is 0. The molecule has 2 atom stereocenters. The molecule has 0 N–H and O–H groups in total. The molecule has 0 heterocycles. The highest BCUT2D eigenvalue weighted by molar-refractivity contribution is 5.30. The van der Waals surface area contributed by atoms with Crippen molar-refractivity contribution in [1.82, 2.24) is 0 Å². The Balaban J connectivity index is 2.14. The molecule has 0 aliphatic rings. The first kappa shape index (κ1) is 13.9. The van der Waals surface area contributed by atoms with Gasteiger partial charge in [-0.2, -0.15) is 0 Å². The average molecular weight is 252 g/mol. The van der Waals surface area contributed by atoms with Crippen molar-refractivity contribution in [3.63, 3.8) is 0 Å². The van der Waals surface area contributed by atoms with Crippen LogP contribution in [0.2, 0.25) is 0 Å². The first-order valence-corrected chi connectivity index (χ1v) is 7.32. The fourth-order valence-corrected chi connectivity index (χ4v) is 2.90. The van der Waals surface area contributed by atoms with E-state index >= 15 is 0 Å². The van der Waals surface area contributed by atoms with Crippen LogP contribution in [0.3, 0.4) is 0 Å². The Hall–Kier alpha value is -1.56. The van der Waals surface area contributed by atoms with Gasteiger partial charge in [-0.05, 0) is 48.3 Å². The lowest BCUT2D eigenvalue weighted by Gasteiger charge is -2.22. The summed E-state index contributed by atoms with van der Waals surface area (Å²) < 4.78 is 0. The molecule has 2 aromatic rings. The normalized spacial score (nSPS) is 14.1. The third-order valence-electron chi connectivity index (χ3n) is 4.13. The van der Waals surface area contributed by atoms with Crippen molar-refractivity contribution in [2.45, 2.75) is 45.4 Å². The maximum atomic E-state index is 2.34. The molecule has 0 fully saturated rings. The average Bonchev–Trinajstić information content (AvgIpc) is 2.46. The number of aryl methyl sites for hydroxylation is 1. The Bertz CT molecular complexity index is 498. The van der Waals surface area contributed by atoms with Gasteiger partial charge in [0.05, 0.1) is 0 Å². The van der Waals surface area contributed by atoms with Gasteiger partial charge in [0.1, 0.15) is 0 Å². The predicted octanol–water partition coefficient (Wildman–Crippen LogP) is 5.68. The summed E-state index contributed by atoms with van der Waals surface area (Å²) in [6, 6.07) is 19.7. The fourth-order valence-electron chi connectivity index (χ4n) is 2.90. The molecule has 0 spiro atoms. The van der Waals surface area contributed by atoms with E-state index in [1.165, 1.54) is 29.5 Å². The third-order valence-corrected chi connectivity index (χ3v) is 4.13. The van der Waals surface area contributed by atoms with E-state index in [2.05, 4.69) is 75.4 Å². The van der Waals surface area contributed by atoms with Crippen LogP contribution in [0.4, 0.5) is 0 Å². The molecule has 0 bridgehead atoms. The van der Waals surface area contributed by atoms with E-state index < -0.39 is 0 Å². The summed E-state index contributed by atoms with van der Waals surface area (Å²) in [5.41, 5.74) is 4.40. The molecule has 19 heavy (non-hydrogen) atoms. The van der Waals surface area contributed by atoms with Gasteiger partial charge in [-0.1, -0.05) is 68.4 Å². The number of hydrogen-bond acceptors (Lipinski definition) is 0. The van der Waals surface area contributed by atoms with Crippen LogP contribution in [0, 0.1) is 6.92 Å². The van der Waals surface area contributed by atoms with Gasteiger partial charge >= 0.3 is 0 Å². The van der Waals surface area contributed by atoms with Crippen molar-refractivity contribution >= 4 is 0 Å². The Morgan fingerprint density at radius 3 is 2.16 bits per heavy atom. The third kappa shape index (κ3) is 3.47. The quantitative estimate of drug-likeness (QED) is 0.642. The van der Waals surface area contributed by atoms with Crippen molar-refractivity contribution in [2.75, 3.05) is 0 Å². The molecule has 0 aromatic heterocycles. The van der Waals surface area contributed by atoms with Crippen molar-refractivity contribution in [3.05, 3.63) is 71.3 Å². The molecular weight excluding hydrogens is 228 g/mol. The number of rotatable bonds is 5. The molecule has 2 aromatic carbocycles. The fraction of sp³-hybridized carbons (Fsp3) is 0.368. The van der Waals surface area contributed by atoms with Crippen molar-refractivity contribution < 1.29 is 0 Å². The summed E-state index contributed by atoms with van der Waals surface area (Å²) in [5, 5.41) is 0. The lowest BCUT2D eigenvalue weighted by Crippen LogP contribution is -2.05. The second kappa shape index (κ2) is 6.56. The van der Waals surface area contributed by atoms with Gasteiger partial charge in [0.2, 0.25) is 0 Å². The summed E-state index contributed by atoms with van der Waals surface area (Å²) in [6.07, 6.45) is 2.44. The van der Waals surface area contributed by atoms with Gasteiger partial charge in [0, 0.05) is 0 Å². The highest BCUT2D eigenvalue weighted by Gasteiger charge is 2.16. The monoisotopic (exact) mass is 252 g/mol. The van der Waals surface area contributed by atoms with Crippen molar-refractivity contribution in [1.29, 1.82) is 0 Å². The lowest BCUT2D eigenvalue weighted by molar-refractivity contribution is 0.542. The van der Waals surface area contributed by atoms with E-state index in [1.807, 2.05) is 0 Å². The van der Waals surface area contributed by atoms with E-state index in [0.29, 0.717) is 11.8 Å². The molecule has 0 amide bonds. The lowest BCUT2D eigenvalue weighted by atomic mass is 9.83. The Morgan fingerprint density at radius 1 is 0.895 bits per heavy atom. The molecular formula is C19H24. The minimum Gasteiger partial charge on any atom is -0.0648 e. The van der Waals surface area contributed by atoms with Crippen LogP contribution in [0.15, 0.2) is 54.6 Å². The minimum absolute atomic E-state index is 0.616. The Labute approximate surface area is 117 Å². The smallest absolute Gasteiger partial charge is 0.0156 e. The van der Waals surface area contributed by atoms with Crippen LogP contribution < -0.4 is 0 Å². The van der Waals surface area contributed by atoms with Gasteiger partial charge in [-0.3, -0.25) is 0 Å². The summed E-state index contributed by atoms with van der Waals surface area (Å²) in [4.78, 5) is 0. The van der Waals surface area contributed by atoms with Crippen LogP contribution in [0.25, 0.3) is 0 Å². The topological polar surface area (TPSA) is 0 Å². The molecule has 0 saturated heterocycles. The maximum absolute atomic E-state index is 2.34. The van der Waals surface area contributed by atoms with Gasteiger partial charge in [-0.25, -0.2) is 0 Å². The van der Waals surface area contributed by atoms with E-state index in [4.69, 9.17) is 0 Å². The second-order valence-corrected chi connectivity index (χ2v) is 5.51. The molecule has 0 aliphatic carbocycles. The molecule has 0 aliphatic heterocycles. The molecule has 0 nitrogen and oxygen atoms in total. The molecule has 100 valence electrons. The Kier molecular flexibility index (Phi) is 4.79. The SMILES string of the molecule is CCC(CC(C)c1ccccc1)c1ccccc1C. The molecule has 2 rings (SSSR count). The zero-order valence-electron chi connectivity index (χ0n) is 12.3. The van der Waals surface area contributed by atoms with Gasteiger partial charge in [0.25, 0.3) is 0 Å². The van der Waals surface area contributed by atoms with E-state index in [9.17, 15) is 0 Å². The summed E-state index contributed by atoms with van der Waals surface area (Å²) in [7, 11) is 0. The molecule has 0 heteroatoms. The standard InChI is InChI=1S/C19H24/c1-4-17(19-13-9-8-10-15(19)2)14-16(3)18-11-6-5-7-12-18/h5-13,16-17H,4,14H2,1-3H3. The first-order chi connectivity index (χ1) is 9.22. The largest absolute Gasteiger partial charge is 0.0648 e. The highest BCUT2D eigenvalue weighted by Crippen LogP contribution is 2.33. The highest BCUT2D eigenvalue weighted by atomic mass is 14.2. The summed E-state index contributed by atoms with van der Waals surface area (Å²) in [5.74, 6) is 1.28. The number of benzene rings is 2. The van der Waals surface area contributed by atoms with Crippen LogP contribution in [-0.2, 0) is 0 Å². The molecule has 0 saturated carbocycles. The van der Waals surface area contributed by atoms with Crippen molar-refractivity contribution in [3.8, 4) is 0 Å². The van der Waals surface area contributed by atoms with Gasteiger partial charge in [-0.15, -0.1) is 0 Å². The van der Waals surface area contributed by atoms with Crippen molar-refractivity contribution in [2.24, 2.45) is 0 Å². The second-order valence-electron chi connectivity index (χ2n) is 5.51. The zero-order chi connectivity index (χ0) is 13.7. The van der Waals surface area contributed by atoms with Crippen LogP contribution >= 0.6 is 0 Å². The van der Waals surface area contributed by atoms with E-state index in [1.54, 1.807) is 0 Å². The summed E-state index contributed by atoms with van der Waals surface area (Å²) in [6.45, 7) is 6.87. The van der Waals surface area contributed by atoms with Gasteiger partial charge < -0.3 is 0 Å². The van der Waals surface area contributed by atoms with Crippen LogP contribution in [-0.4, -0.2) is 0 Å².